The van der Waals surface area contributed by atoms with E-state index >= 15 is 0 Å². The van der Waals surface area contributed by atoms with E-state index in [1.54, 1.807) is 0 Å². The molecule has 0 radical (unpaired) electrons. The van der Waals surface area contributed by atoms with Crippen LogP contribution < -0.4 is 0 Å². The Balaban J connectivity index is 1.49. The predicted octanol–water partition coefficient (Wildman–Crippen LogP) is 6.55. The van der Waals surface area contributed by atoms with Gasteiger partial charge in [-0.25, -0.2) is 0 Å². The lowest BCUT2D eigenvalue weighted by Crippen LogP contribution is -2.12. The first kappa shape index (κ1) is 18.8. The van der Waals surface area contributed by atoms with Crippen molar-refractivity contribution < 1.29 is 4.74 Å². The van der Waals surface area contributed by atoms with E-state index < -0.39 is 0 Å². The Morgan fingerprint density at radius 1 is 0.652 bits per heavy atom. The third-order valence-corrected chi connectivity index (χ3v) is 6.18. The number of rotatable bonds is 8. The van der Waals surface area contributed by atoms with E-state index in [1.165, 1.54) is 64.2 Å². The van der Waals surface area contributed by atoms with Crippen molar-refractivity contribution in [1.82, 2.24) is 0 Å². The van der Waals surface area contributed by atoms with Crippen LogP contribution in [0.3, 0.4) is 0 Å². The molecule has 0 aromatic carbocycles. The van der Waals surface area contributed by atoms with Gasteiger partial charge in [-0.05, 0) is 75.0 Å². The van der Waals surface area contributed by atoms with E-state index in [4.69, 9.17) is 4.74 Å². The monoisotopic (exact) mass is 318 g/mol. The molecule has 1 nitrogen and oxygen atoms in total. The van der Waals surface area contributed by atoms with Gasteiger partial charge >= 0.3 is 0 Å². The van der Waals surface area contributed by atoms with Crippen LogP contribution in [0, 0.1) is 23.7 Å². The van der Waals surface area contributed by atoms with Crippen LogP contribution >= 0.6 is 0 Å². The quantitative estimate of drug-likeness (QED) is 0.364. The zero-order valence-electron chi connectivity index (χ0n) is 15.5. The Morgan fingerprint density at radius 2 is 1.04 bits per heavy atom. The second kappa shape index (κ2) is 11.1. The van der Waals surface area contributed by atoms with Gasteiger partial charge in [0, 0.05) is 0 Å². The smallest absolute Gasteiger partial charge is 0.0651 e. The molecule has 0 unspecified atom stereocenters. The Hall–Kier alpha value is -0.560. The second-order valence-corrected chi connectivity index (χ2v) is 7.77. The number of ether oxygens (including phenoxy) is 1. The molecule has 0 bridgehead atoms. The summed E-state index contributed by atoms with van der Waals surface area (Å²) in [5.41, 5.74) is 0. The molecule has 0 aliphatic heterocycles. The van der Waals surface area contributed by atoms with E-state index in [-0.39, 0.29) is 0 Å². The highest BCUT2D eigenvalue weighted by molar-refractivity contribution is 4.93. The van der Waals surface area contributed by atoms with Gasteiger partial charge in [-0.3, -0.25) is 0 Å². The van der Waals surface area contributed by atoms with Crippen molar-refractivity contribution >= 4 is 0 Å². The van der Waals surface area contributed by atoms with Crippen molar-refractivity contribution in [2.75, 3.05) is 13.2 Å². The molecule has 132 valence electrons. The van der Waals surface area contributed by atoms with Gasteiger partial charge in [-0.2, -0.15) is 0 Å². The van der Waals surface area contributed by atoms with Gasteiger partial charge in [0.25, 0.3) is 0 Å². The summed E-state index contributed by atoms with van der Waals surface area (Å²) in [6, 6.07) is 0. The standard InChI is InChI=1S/C22H38O/c1-3-19-9-13-21(14-10-19)7-5-17-23-18-6-8-22-15-11-20(4-2)12-16-22/h5-8,19-22H,3-4,9-18H2,1-2H3/b7-5+,8-6+. The summed E-state index contributed by atoms with van der Waals surface area (Å²) in [4.78, 5) is 0. The molecule has 0 aromatic rings. The van der Waals surface area contributed by atoms with Crippen LogP contribution in [0.2, 0.25) is 0 Å². The van der Waals surface area contributed by atoms with Gasteiger partial charge in [-0.1, -0.05) is 51.0 Å². The van der Waals surface area contributed by atoms with Gasteiger partial charge in [0.05, 0.1) is 13.2 Å². The van der Waals surface area contributed by atoms with Crippen LogP contribution in [0.5, 0.6) is 0 Å². The van der Waals surface area contributed by atoms with Crippen LogP contribution in [-0.2, 0) is 4.74 Å². The molecule has 2 saturated carbocycles. The van der Waals surface area contributed by atoms with Crippen LogP contribution in [0.15, 0.2) is 24.3 Å². The van der Waals surface area contributed by atoms with E-state index in [0.29, 0.717) is 0 Å². The van der Waals surface area contributed by atoms with Gasteiger partial charge < -0.3 is 4.74 Å². The van der Waals surface area contributed by atoms with Gasteiger partial charge in [0.1, 0.15) is 0 Å². The molecule has 2 rings (SSSR count). The summed E-state index contributed by atoms with van der Waals surface area (Å²) >= 11 is 0. The lowest BCUT2D eigenvalue weighted by atomic mass is 9.81. The maximum atomic E-state index is 5.73. The third kappa shape index (κ3) is 7.25. The molecule has 0 saturated heterocycles. The highest BCUT2D eigenvalue weighted by atomic mass is 16.5. The minimum Gasteiger partial charge on any atom is -0.373 e. The van der Waals surface area contributed by atoms with E-state index in [9.17, 15) is 0 Å². The summed E-state index contributed by atoms with van der Waals surface area (Å²) < 4.78 is 5.73. The molecular formula is C22H38O. The van der Waals surface area contributed by atoms with Gasteiger partial charge in [0.2, 0.25) is 0 Å². The zero-order valence-corrected chi connectivity index (χ0v) is 15.5. The van der Waals surface area contributed by atoms with E-state index in [2.05, 4.69) is 38.2 Å². The first-order valence-corrected chi connectivity index (χ1v) is 10.2. The van der Waals surface area contributed by atoms with Crippen molar-refractivity contribution in [3.63, 3.8) is 0 Å². The SMILES string of the molecule is CCC1CCC(/C=C/COC/C=C/C2CCC(CC)CC2)CC1. The van der Waals surface area contributed by atoms with Crippen LogP contribution in [0.4, 0.5) is 0 Å². The first-order valence-electron chi connectivity index (χ1n) is 10.2. The molecule has 23 heavy (non-hydrogen) atoms. The fourth-order valence-electron chi connectivity index (χ4n) is 4.28. The molecular weight excluding hydrogens is 280 g/mol. The minimum atomic E-state index is 0.778. The minimum absolute atomic E-state index is 0.778. The van der Waals surface area contributed by atoms with E-state index in [1.807, 2.05) is 0 Å². The first-order chi connectivity index (χ1) is 11.3. The highest BCUT2D eigenvalue weighted by Crippen LogP contribution is 2.32. The summed E-state index contributed by atoms with van der Waals surface area (Å²) in [6.45, 7) is 6.22. The number of hydrogen-bond acceptors (Lipinski definition) is 1. The summed E-state index contributed by atoms with van der Waals surface area (Å²) in [5, 5.41) is 0. The van der Waals surface area contributed by atoms with Crippen molar-refractivity contribution in [3.8, 4) is 0 Å². The molecule has 2 aliphatic rings. The number of hydrogen-bond donors (Lipinski definition) is 0. The molecule has 0 N–H and O–H groups in total. The predicted molar refractivity (Wildman–Crippen MR) is 101 cm³/mol. The lowest BCUT2D eigenvalue weighted by Gasteiger charge is -2.25. The van der Waals surface area contributed by atoms with Crippen LogP contribution in [0.1, 0.15) is 78.1 Å². The molecule has 0 amide bonds. The van der Waals surface area contributed by atoms with Crippen molar-refractivity contribution in [1.29, 1.82) is 0 Å². The van der Waals surface area contributed by atoms with Gasteiger partial charge in [0.15, 0.2) is 0 Å². The maximum absolute atomic E-state index is 5.73. The molecule has 0 heterocycles. The summed E-state index contributed by atoms with van der Waals surface area (Å²) in [7, 11) is 0. The topological polar surface area (TPSA) is 9.23 Å². The summed E-state index contributed by atoms with van der Waals surface area (Å²) in [5.74, 6) is 3.61. The second-order valence-electron chi connectivity index (χ2n) is 7.77. The average molecular weight is 319 g/mol. The Bertz CT molecular complexity index is 307. The molecule has 1 heteroatoms. The lowest BCUT2D eigenvalue weighted by molar-refractivity contribution is 0.192. The van der Waals surface area contributed by atoms with E-state index in [0.717, 1.165) is 36.9 Å². The highest BCUT2D eigenvalue weighted by Gasteiger charge is 2.18. The Morgan fingerprint density at radius 3 is 1.39 bits per heavy atom. The molecule has 0 aromatic heterocycles. The zero-order chi connectivity index (χ0) is 16.3. The molecule has 0 atom stereocenters. The number of allylic oxidation sites excluding steroid dienone is 2. The molecule has 2 fully saturated rings. The molecule has 0 spiro atoms. The third-order valence-electron chi connectivity index (χ3n) is 6.18. The Kier molecular flexibility index (Phi) is 9.04. The average Bonchev–Trinajstić information content (AvgIpc) is 2.62. The largest absolute Gasteiger partial charge is 0.373 e. The fourth-order valence-corrected chi connectivity index (χ4v) is 4.28. The van der Waals surface area contributed by atoms with Crippen LogP contribution in [-0.4, -0.2) is 13.2 Å². The summed E-state index contributed by atoms with van der Waals surface area (Å²) in [6.07, 6.45) is 23.3. The normalized spacial score (nSPS) is 32.8. The van der Waals surface area contributed by atoms with Crippen molar-refractivity contribution in [2.24, 2.45) is 23.7 Å². The maximum Gasteiger partial charge on any atom is 0.0651 e. The molecule has 2 aliphatic carbocycles. The van der Waals surface area contributed by atoms with Crippen molar-refractivity contribution in [3.05, 3.63) is 24.3 Å². The fraction of sp³-hybridized carbons (Fsp3) is 0.818. The van der Waals surface area contributed by atoms with Crippen molar-refractivity contribution in [2.45, 2.75) is 78.1 Å². The van der Waals surface area contributed by atoms with Crippen LogP contribution in [0.25, 0.3) is 0 Å². The Labute approximate surface area is 144 Å². The van der Waals surface area contributed by atoms with Gasteiger partial charge in [-0.15, -0.1) is 0 Å².